The third kappa shape index (κ3) is 4.36. The summed E-state index contributed by atoms with van der Waals surface area (Å²) < 4.78 is 0. The fraction of sp³-hybridized carbons (Fsp3) is 0.522. The first kappa shape index (κ1) is 19.7. The molecule has 1 aromatic carbocycles. The molecule has 4 rings (SSSR count). The number of hydrogen-bond acceptors (Lipinski definition) is 5. The van der Waals surface area contributed by atoms with Crippen LogP contribution in [0.25, 0.3) is 0 Å². The van der Waals surface area contributed by atoms with Crippen LogP contribution in [0.4, 0.5) is 11.5 Å². The predicted octanol–water partition coefficient (Wildman–Crippen LogP) is 3.52. The normalized spacial score (nSPS) is 20.1. The molecule has 0 aliphatic carbocycles. The van der Waals surface area contributed by atoms with Crippen LogP contribution in [-0.2, 0) is 0 Å². The fourth-order valence-corrected chi connectivity index (χ4v) is 4.50. The van der Waals surface area contributed by atoms with Crippen LogP contribution in [0.2, 0.25) is 0 Å². The molecule has 1 unspecified atom stereocenters. The summed E-state index contributed by atoms with van der Waals surface area (Å²) in [6.45, 7) is 8.47. The van der Waals surface area contributed by atoms with E-state index in [1.165, 1.54) is 30.5 Å². The molecule has 0 saturated carbocycles. The van der Waals surface area contributed by atoms with Crippen LogP contribution in [-0.4, -0.2) is 59.5 Å². The van der Waals surface area contributed by atoms with E-state index >= 15 is 0 Å². The van der Waals surface area contributed by atoms with Gasteiger partial charge in [0.05, 0.1) is 0 Å². The lowest BCUT2D eigenvalue weighted by molar-refractivity contribution is 0.0740. The number of carbonyl (C=O) groups is 1. The third-order valence-corrected chi connectivity index (χ3v) is 6.20. The number of anilines is 2. The second-order valence-electron chi connectivity index (χ2n) is 8.13. The maximum Gasteiger partial charge on any atom is 0.272 e. The minimum atomic E-state index is 0.0163. The number of aromatic nitrogens is 2. The van der Waals surface area contributed by atoms with Crippen molar-refractivity contribution in [2.75, 3.05) is 42.5 Å². The van der Waals surface area contributed by atoms with E-state index < -0.39 is 0 Å². The van der Waals surface area contributed by atoms with Crippen LogP contribution in [0, 0.1) is 6.92 Å². The fourth-order valence-electron chi connectivity index (χ4n) is 4.50. The van der Waals surface area contributed by atoms with E-state index in [-0.39, 0.29) is 5.91 Å². The lowest BCUT2D eigenvalue weighted by Crippen LogP contribution is -2.49. The van der Waals surface area contributed by atoms with Crippen molar-refractivity contribution in [2.24, 2.45) is 0 Å². The van der Waals surface area contributed by atoms with E-state index in [4.69, 9.17) is 0 Å². The Hall–Kier alpha value is -2.63. The number of aryl methyl sites for hydroxylation is 1. The Bertz CT molecular complexity index is 847. The van der Waals surface area contributed by atoms with Crippen molar-refractivity contribution in [1.29, 1.82) is 0 Å². The molecule has 6 nitrogen and oxygen atoms in total. The van der Waals surface area contributed by atoms with Gasteiger partial charge in [0.2, 0.25) is 0 Å². The maximum atomic E-state index is 13.1. The minimum absolute atomic E-state index is 0.0163. The van der Waals surface area contributed by atoms with Gasteiger partial charge in [-0.25, -0.2) is 9.97 Å². The lowest BCUT2D eigenvalue weighted by atomic mass is 10.00. The van der Waals surface area contributed by atoms with Crippen LogP contribution in [0.1, 0.15) is 48.7 Å². The zero-order valence-corrected chi connectivity index (χ0v) is 17.5. The number of rotatable bonds is 4. The lowest BCUT2D eigenvalue weighted by Gasteiger charge is -2.37. The Kier molecular flexibility index (Phi) is 5.97. The van der Waals surface area contributed by atoms with Crippen molar-refractivity contribution in [3.8, 4) is 0 Å². The molecular weight excluding hydrogens is 362 g/mol. The van der Waals surface area contributed by atoms with Gasteiger partial charge in [-0.3, -0.25) is 4.79 Å². The van der Waals surface area contributed by atoms with E-state index in [0.29, 0.717) is 24.8 Å². The predicted molar refractivity (Wildman–Crippen MR) is 117 cm³/mol. The van der Waals surface area contributed by atoms with Gasteiger partial charge in [-0.2, -0.15) is 0 Å². The molecule has 1 atom stereocenters. The van der Waals surface area contributed by atoms with Gasteiger partial charge in [-0.1, -0.05) is 19.1 Å². The number of nitrogens with zero attached hydrogens (tertiary/aromatic N) is 5. The standard InChI is InChI=1S/C23H31N5O/c1-3-19-8-4-5-10-28(19)22-16-21(24-17-25-22)23(29)27-13-11-26(12-14-27)20-9-6-7-18(2)15-20/h6-7,9,15-17,19H,3-5,8,10-14H2,1-2H3. The summed E-state index contributed by atoms with van der Waals surface area (Å²) in [5.74, 6) is 0.913. The van der Waals surface area contributed by atoms with Crippen molar-refractivity contribution in [3.63, 3.8) is 0 Å². The molecule has 6 heteroatoms. The molecule has 29 heavy (non-hydrogen) atoms. The van der Waals surface area contributed by atoms with Gasteiger partial charge >= 0.3 is 0 Å². The first-order valence-corrected chi connectivity index (χ1v) is 10.9. The van der Waals surface area contributed by atoms with Gasteiger partial charge in [0.1, 0.15) is 17.8 Å². The summed E-state index contributed by atoms with van der Waals surface area (Å²) in [5.41, 5.74) is 3.01. The van der Waals surface area contributed by atoms with Gasteiger partial charge in [0, 0.05) is 50.5 Å². The number of hydrogen-bond donors (Lipinski definition) is 0. The summed E-state index contributed by atoms with van der Waals surface area (Å²) in [7, 11) is 0. The molecule has 1 amide bonds. The van der Waals surface area contributed by atoms with Crippen molar-refractivity contribution in [2.45, 2.75) is 45.6 Å². The smallest absolute Gasteiger partial charge is 0.272 e. The Morgan fingerprint density at radius 2 is 1.90 bits per heavy atom. The molecule has 2 aliphatic heterocycles. The van der Waals surface area contributed by atoms with Crippen molar-refractivity contribution < 1.29 is 4.79 Å². The van der Waals surface area contributed by atoms with Gasteiger partial charge in [-0.05, 0) is 50.3 Å². The van der Waals surface area contributed by atoms with Gasteiger partial charge in [0.15, 0.2) is 0 Å². The van der Waals surface area contributed by atoms with Crippen molar-refractivity contribution in [1.82, 2.24) is 14.9 Å². The molecule has 154 valence electrons. The zero-order chi connectivity index (χ0) is 20.2. The number of benzene rings is 1. The monoisotopic (exact) mass is 393 g/mol. The van der Waals surface area contributed by atoms with Crippen LogP contribution in [0.15, 0.2) is 36.7 Å². The number of piperidine rings is 1. The second kappa shape index (κ2) is 8.80. The molecule has 1 aromatic heterocycles. The maximum absolute atomic E-state index is 13.1. The molecule has 2 aliphatic rings. The van der Waals surface area contributed by atoms with Crippen molar-refractivity contribution >= 4 is 17.4 Å². The average molecular weight is 394 g/mol. The van der Waals surface area contributed by atoms with Crippen molar-refractivity contribution in [3.05, 3.63) is 47.9 Å². The van der Waals surface area contributed by atoms with E-state index in [9.17, 15) is 4.79 Å². The average Bonchev–Trinajstić information content (AvgIpc) is 2.79. The highest BCUT2D eigenvalue weighted by atomic mass is 16.2. The quantitative estimate of drug-likeness (QED) is 0.796. The first-order valence-electron chi connectivity index (χ1n) is 10.9. The van der Waals surface area contributed by atoms with Gasteiger partial charge in [0.25, 0.3) is 5.91 Å². The number of amides is 1. The second-order valence-corrected chi connectivity index (χ2v) is 8.13. The molecule has 3 heterocycles. The Labute approximate surface area is 173 Å². The largest absolute Gasteiger partial charge is 0.368 e. The van der Waals surface area contributed by atoms with E-state index in [1.807, 2.05) is 11.0 Å². The summed E-state index contributed by atoms with van der Waals surface area (Å²) >= 11 is 0. The van der Waals surface area contributed by atoms with Crippen LogP contribution in [0.3, 0.4) is 0 Å². The van der Waals surface area contributed by atoms with Crippen LogP contribution >= 0.6 is 0 Å². The van der Waals surface area contributed by atoms with E-state index in [2.05, 4.69) is 57.9 Å². The SMILES string of the molecule is CCC1CCCCN1c1cc(C(=O)N2CCN(c3cccc(C)c3)CC2)ncn1. The highest BCUT2D eigenvalue weighted by Gasteiger charge is 2.26. The minimum Gasteiger partial charge on any atom is -0.368 e. The molecule has 2 fully saturated rings. The Morgan fingerprint density at radius 3 is 2.66 bits per heavy atom. The zero-order valence-electron chi connectivity index (χ0n) is 17.5. The highest BCUT2D eigenvalue weighted by Crippen LogP contribution is 2.25. The highest BCUT2D eigenvalue weighted by molar-refractivity contribution is 5.93. The molecule has 0 N–H and O–H groups in total. The molecule has 2 saturated heterocycles. The molecular formula is C23H31N5O. The Balaban J connectivity index is 1.42. The summed E-state index contributed by atoms with van der Waals surface area (Å²) in [4.78, 5) is 28.5. The number of carbonyl (C=O) groups excluding carboxylic acids is 1. The van der Waals surface area contributed by atoms with E-state index in [0.717, 1.165) is 31.9 Å². The molecule has 0 radical (unpaired) electrons. The third-order valence-electron chi connectivity index (χ3n) is 6.20. The van der Waals surface area contributed by atoms with Gasteiger partial charge in [-0.15, -0.1) is 0 Å². The van der Waals surface area contributed by atoms with Gasteiger partial charge < -0.3 is 14.7 Å². The Morgan fingerprint density at radius 1 is 1.07 bits per heavy atom. The van der Waals surface area contributed by atoms with Crippen LogP contribution in [0.5, 0.6) is 0 Å². The summed E-state index contributed by atoms with van der Waals surface area (Å²) in [6.07, 6.45) is 6.31. The first-order chi connectivity index (χ1) is 14.2. The topological polar surface area (TPSA) is 52.6 Å². The molecule has 0 spiro atoms. The molecule has 2 aromatic rings. The summed E-state index contributed by atoms with van der Waals surface area (Å²) in [6, 6.07) is 11.0. The summed E-state index contributed by atoms with van der Waals surface area (Å²) in [5, 5.41) is 0. The number of piperazine rings is 1. The van der Waals surface area contributed by atoms with Crippen LogP contribution < -0.4 is 9.80 Å². The molecule has 0 bridgehead atoms. The van der Waals surface area contributed by atoms with E-state index in [1.54, 1.807) is 6.33 Å².